The summed E-state index contributed by atoms with van der Waals surface area (Å²) in [7, 11) is 0. The number of hydrogen-bond acceptors (Lipinski definition) is 7. The van der Waals surface area contributed by atoms with Crippen LogP contribution in [0.3, 0.4) is 0 Å². The van der Waals surface area contributed by atoms with Crippen LogP contribution < -0.4 is 16.4 Å². The molecule has 1 aromatic carbocycles. The van der Waals surface area contributed by atoms with Crippen molar-refractivity contribution in [2.45, 2.75) is 57.9 Å². The first-order chi connectivity index (χ1) is 17.3. The van der Waals surface area contributed by atoms with Crippen molar-refractivity contribution in [3.05, 3.63) is 36.2 Å². The first-order valence-corrected chi connectivity index (χ1v) is 12.6. The number of ether oxygens (including phenoxy) is 1. The molecule has 0 spiro atoms. The van der Waals surface area contributed by atoms with Crippen LogP contribution in [0.1, 0.15) is 63.5 Å². The Hall–Kier alpha value is -3.53. The number of amides is 2. The van der Waals surface area contributed by atoms with Crippen molar-refractivity contribution in [1.82, 2.24) is 19.5 Å². The van der Waals surface area contributed by atoms with E-state index in [0.29, 0.717) is 38.4 Å². The van der Waals surface area contributed by atoms with Gasteiger partial charge in [-0.05, 0) is 50.7 Å². The van der Waals surface area contributed by atoms with Crippen molar-refractivity contribution in [2.24, 2.45) is 11.5 Å². The molecule has 10 nitrogen and oxygen atoms in total. The second-order valence-electron chi connectivity index (χ2n) is 9.58. The van der Waals surface area contributed by atoms with E-state index in [0.717, 1.165) is 47.5 Å². The van der Waals surface area contributed by atoms with Crippen LogP contribution in [0, 0.1) is 0 Å². The second-order valence-corrected chi connectivity index (χ2v) is 9.58. The summed E-state index contributed by atoms with van der Waals surface area (Å²) in [5, 5.41) is 0. The van der Waals surface area contributed by atoms with Crippen LogP contribution in [0.15, 0.2) is 30.6 Å². The topological polar surface area (TPSA) is 142 Å². The van der Waals surface area contributed by atoms with E-state index in [1.807, 2.05) is 24.5 Å². The maximum absolute atomic E-state index is 11.5. The van der Waals surface area contributed by atoms with Crippen LogP contribution in [-0.4, -0.2) is 57.6 Å². The number of morpholine rings is 1. The Labute approximate surface area is 211 Å². The minimum atomic E-state index is -0.335. The van der Waals surface area contributed by atoms with Gasteiger partial charge in [0.1, 0.15) is 11.2 Å². The van der Waals surface area contributed by atoms with Gasteiger partial charge in [0.15, 0.2) is 5.65 Å². The first-order valence-electron chi connectivity index (χ1n) is 12.6. The smallest absolute Gasteiger partial charge is 0.228 e. The highest BCUT2D eigenvalue weighted by Gasteiger charge is 2.22. The minimum Gasteiger partial charge on any atom is -0.378 e. The number of anilines is 1. The van der Waals surface area contributed by atoms with Gasteiger partial charge in [-0.2, -0.15) is 4.98 Å². The number of carbonyl (C=O) groups is 2. The van der Waals surface area contributed by atoms with Gasteiger partial charge < -0.3 is 25.7 Å². The average molecular weight is 494 g/mol. The lowest BCUT2D eigenvalue weighted by atomic mass is 9.88. The molecule has 0 aliphatic carbocycles. The number of rotatable bonds is 11. The predicted molar refractivity (Wildman–Crippen MR) is 138 cm³/mol. The molecule has 192 valence electrons. The maximum atomic E-state index is 11.5. The number of hydrogen-bond donors (Lipinski definition) is 2. The van der Waals surface area contributed by atoms with E-state index < -0.39 is 0 Å². The number of fused-ring (bicyclic) bond motifs is 1. The number of carbonyl (C=O) groups excluding carboxylic acids is 2. The third-order valence-corrected chi connectivity index (χ3v) is 6.61. The normalized spacial score (nSPS) is 14.9. The molecular formula is C26H35N7O3. The van der Waals surface area contributed by atoms with Gasteiger partial charge in [0.2, 0.25) is 17.8 Å². The highest BCUT2D eigenvalue weighted by molar-refractivity contribution is 5.88. The first kappa shape index (κ1) is 25.6. The van der Waals surface area contributed by atoms with Gasteiger partial charge in [-0.15, -0.1) is 0 Å². The highest BCUT2D eigenvalue weighted by Crippen LogP contribution is 2.33. The zero-order chi connectivity index (χ0) is 25.7. The van der Waals surface area contributed by atoms with Crippen LogP contribution in [0.2, 0.25) is 0 Å². The summed E-state index contributed by atoms with van der Waals surface area (Å²) >= 11 is 0. The molecule has 4 N–H and O–H groups in total. The van der Waals surface area contributed by atoms with Gasteiger partial charge >= 0.3 is 0 Å². The van der Waals surface area contributed by atoms with E-state index in [2.05, 4.69) is 34.4 Å². The lowest BCUT2D eigenvalue weighted by molar-refractivity contribution is -0.119. The van der Waals surface area contributed by atoms with Crippen LogP contribution in [0.5, 0.6) is 0 Å². The summed E-state index contributed by atoms with van der Waals surface area (Å²) < 4.78 is 7.59. The van der Waals surface area contributed by atoms with E-state index in [1.165, 1.54) is 0 Å². The predicted octanol–water partition coefficient (Wildman–Crippen LogP) is 2.92. The molecule has 2 aromatic heterocycles. The second kappa shape index (κ2) is 11.5. The lowest BCUT2D eigenvalue weighted by Crippen LogP contribution is -2.37. The fourth-order valence-electron chi connectivity index (χ4n) is 4.65. The number of nitrogens with two attached hydrogens (primary N) is 2. The number of primary amides is 2. The zero-order valence-corrected chi connectivity index (χ0v) is 21.0. The van der Waals surface area contributed by atoms with Gasteiger partial charge in [-0.1, -0.05) is 18.2 Å². The monoisotopic (exact) mass is 493 g/mol. The lowest BCUT2D eigenvalue weighted by Gasteiger charge is -2.27. The van der Waals surface area contributed by atoms with Crippen LogP contribution >= 0.6 is 0 Å². The van der Waals surface area contributed by atoms with Crippen LogP contribution in [0.25, 0.3) is 22.4 Å². The minimum absolute atomic E-state index is 0.0704. The summed E-state index contributed by atoms with van der Waals surface area (Å²) in [6.45, 7) is 6.96. The molecule has 10 heteroatoms. The molecule has 36 heavy (non-hydrogen) atoms. The molecule has 0 bridgehead atoms. The van der Waals surface area contributed by atoms with Crippen molar-refractivity contribution in [3.63, 3.8) is 0 Å². The third kappa shape index (κ3) is 5.99. The summed E-state index contributed by atoms with van der Waals surface area (Å²) in [4.78, 5) is 39.5. The molecule has 1 saturated heterocycles. The third-order valence-electron chi connectivity index (χ3n) is 6.61. The van der Waals surface area contributed by atoms with E-state index in [4.69, 9.17) is 26.2 Å². The Morgan fingerprint density at radius 1 is 1.06 bits per heavy atom. The molecular weight excluding hydrogens is 458 g/mol. The Balaban J connectivity index is 1.75. The number of nitrogens with zero attached hydrogens (tertiary/aromatic N) is 5. The molecule has 1 unspecified atom stereocenters. The fraction of sp³-hybridized carbons (Fsp3) is 0.500. The molecule has 0 radical (unpaired) electrons. The SMILES string of the molecule is CC(C)n1cnc2c(-c3cccc(C(CCCC(N)=O)CCC(N)=O)c3)nc(N3CCOCC3)nc21. The number of imidazole rings is 1. The van der Waals surface area contributed by atoms with Crippen molar-refractivity contribution < 1.29 is 14.3 Å². The van der Waals surface area contributed by atoms with Crippen molar-refractivity contribution in [1.29, 1.82) is 0 Å². The van der Waals surface area contributed by atoms with Crippen LogP contribution in [0.4, 0.5) is 5.95 Å². The van der Waals surface area contributed by atoms with E-state index in [1.54, 1.807) is 0 Å². The van der Waals surface area contributed by atoms with Gasteiger partial charge in [0, 0.05) is 37.5 Å². The number of benzene rings is 1. The highest BCUT2D eigenvalue weighted by atomic mass is 16.5. The Bertz CT molecular complexity index is 1220. The van der Waals surface area contributed by atoms with Crippen molar-refractivity contribution in [2.75, 3.05) is 31.2 Å². The fourth-order valence-corrected chi connectivity index (χ4v) is 4.65. The molecule has 1 fully saturated rings. The Morgan fingerprint density at radius 3 is 2.50 bits per heavy atom. The van der Waals surface area contributed by atoms with E-state index in [9.17, 15) is 9.59 Å². The summed E-state index contributed by atoms with van der Waals surface area (Å²) in [6.07, 6.45) is 4.41. The van der Waals surface area contributed by atoms with E-state index >= 15 is 0 Å². The largest absolute Gasteiger partial charge is 0.378 e. The van der Waals surface area contributed by atoms with Gasteiger partial charge in [0.25, 0.3) is 0 Å². The standard InChI is InChI=1S/C26H35N7O3/c1-17(2)33-16-29-24-23(30-26(31-25(24)33)32-11-13-36-14-12-32)20-7-3-6-19(15-20)18(9-10-22(28)35)5-4-8-21(27)34/h3,6-7,15-18H,4-5,8-14H2,1-2H3,(H2,27,34)(H2,28,35). The van der Waals surface area contributed by atoms with Crippen molar-refractivity contribution in [3.8, 4) is 11.3 Å². The van der Waals surface area contributed by atoms with Gasteiger partial charge in [-0.25, -0.2) is 9.97 Å². The average Bonchev–Trinajstić information content (AvgIpc) is 3.30. The maximum Gasteiger partial charge on any atom is 0.228 e. The molecule has 0 saturated carbocycles. The molecule has 1 aliphatic heterocycles. The van der Waals surface area contributed by atoms with Crippen molar-refractivity contribution >= 4 is 28.9 Å². The zero-order valence-electron chi connectivity index (χ0n) is 21.0. The summed E-state index contributed by atoms with van der Waals surface area (Å²) in [5.74, 6) is 0.0801. The molecule has 3 heterocycles. The van der Waals surface area contributed by atoms with Crippen LogP contribution in [-0.2, 0) is 14.3 Å². The number of aromatic nitrogens is 4. The molecule has 1 atom stereocenters. The molecule has 1 aliphatic rings. The quantitative estimate of drug-likeness (QED) is 0.418. The summed E-state index contributed by atoms with van der Waals surface area (Å²) in [6, 6.07) is 8.38. The Morgan fingerprint density at radius 2 is 1.81 bits per heavy atom. The molecule has 4 rings (SSSR count). The van der Waals surface area contributed by atoms with Gasteiger partial charge in [0.05, 0.1) is 19.5 Å². The Kier molecular flexibility index (Phi) is 8.14. The molecule has 3 aromatic rings. The van der Waals surface area contributed by atoms with E-state index in [-0.39, 0.29) is 30.2 Å². The van der Waals surface area contributed by atoms with Gasteiger partial charge in [-0.3, -0.25) is 9.59 Å². The molecule has 2 amide bonds. The summed E-state index contributed by atoms with van der Waals surface area (Å²) in [5.41, 5.74) is 15.1.